The third kappa shape index (κ3) is 6.38. The van der Waals surface area contributed by atoms with Gasteiger partial charge in [-0.2, -0.15) is 0 Å². The molecular formula is C12H26N2O2S. The summed E-state index contributed by atoms with van der Waals surface area (Å²) in [6.07, 6.45) is 4.28. The van der Waals surface area contributed by atoms with Gasteiger partial charge in [0.1, 0.15) is 0 Å². The Labute approximate surface area is 106 Å². The van der Waals surface area contributed by atoms with E-state index >= 15 is 0 Å². The van der Waals surface area contributed by atoms with Crippen molar-refractivity contribution in [2.24, 2.45) is 5.92 Å². The topological polar surface area (TPSA) is 49.4 Å². The summed E-state index contributed by atoms with van der Waals surface area (Å²) in [6.45, 7) is 5.63. The first-order valence-corrected chi connectivity index (χ1v) is 8.20. The quantitative estimate of drug-likeness (QED) is 0.640. The van der Waals surface area contributed by atoms with Crippen LogP contribution in [-0.4, -0.2) is 44.7 Å². The average molecular weight is 262 g/mol. The van der Waals surface area contributed by atoms with E-state index in [1.165, 1.54) is 17.1 Å². The predicted octanol–water partition coefficient (Wildman–Crippen LogP) is 1.44. The Bertz CT molecular complexity index is 310. The zero-order valence-electron chi connectivity index (χ0n) is 11.3. The summed E-state index contributed by atoms with van der Waals surface area (Å²) in [5.74, 6) is 0.661. The Morgan fingerprint density at radius 2 is 1.94 bits per heavy atom. The van der Waals surface area contributed by atoms with Gasteiger partial charge in [0.2, 0.25) is 10.0 Å². The highest BCUT2D eigenvalue weighted by atomic mass is 32.2. The van der Waals surface area contributed by atoms with Crippen LogP contribution >= 0.6 is 0 Å². The number of nitrogens with zero attached hydrogens (tertiary/aromatic N) is 1. The number of sulfonamides is 1. The van der Waals surface area contributed by atoms with Gasteiger partial charge in [-0.05, 0) is 38.1 Å². The molecule has 0 amide bonds. The summed E-state index contributed by atoms with van der Waals surface area (Å²) in [7, 11) is -1.36. The lowest BCUT2D eigenvalue weighted by Gasteiger charge is -2.19. The largest absolute Gasteiger partial charge is 0.314 e. The number of hydrogen-bond donors (Lipinski definition) is 1. The summed E-state index contributed by atoms with van der Waals surface area (Å²) < 4.78 is 25.3. The second-order valence-electron chi connectivity index (χ2n) is 5.43. The fourth-order valence-electron chi connectivity index (χ4n) is 1.79. The van der Waals surface area contributed by atoms with Gasteiger partial charge in [-0.15, -0.1) is 0 Å². The van der Waals surface area contributed by atoms with Crippen molar-refractivity contribution in [2.45, 2.75) is 45.6 Å². The molecule has 1 saturated carbocycles. The van der Waals surface area contributed by atoms with Crippen molar-refractivity contribution in [3.8, 4) is 0 Å². The Morgan fingerprint density at radius 1 is 1.29 bits per heavy atom. The molecule has 17 heavy (non-hydrogen) atoms. The van der Waals surface area contributed by atoms with Gasteiger partial charge in [0.05, 0.1) is 5.75 Å². The highest BCUT2D eigenvalue weighted by molar-refractivity contribution is 7.89. The summed E-state index contributed by atoms with van der Waals surface area (Å²) in [5, 5.41) is 3.40. The molecule has 0 heterocycles. The molecule has 0 aromatic carbocycles. The molecule has 0 atom stereocenters. The molecule has 4 nitrogen and oxygen atoms in total. The second-order valence-corrected chi connectivity index (χ2v) is 7.62. The van der Waals surface area contributed by atoms with Gasteiger partial charge in [0.15, 0.2) is 0 Å². The first-order chi connectivity index (χ1) is 7.92. The van der Waals surface area contributed by atoms with Gasteiger partial charge in [0, 0.05) is 19.6 Å². The van der Waals surface area contributed by atoms with Crippen LogP contribution in [0.4, 0.5) is 0 Å². The maximum atomic E-state index is 11.9. The zero-order chi connectivity index (χ0) is 12.9. The normalized spacial score (nSPS) is 17.0. The van der Waals surface area contributed by atoms with Crippen LogP contribution < -0.4 is 5.32 Å². The molecule has 0 aromatic heterocycles. The van der Waals surface area contributed by atoms with Crippen LogP contribution in [0.15, 0.2) is 0 Å². The van der Waals surface area contributed by atoms with Crippen LogP contribution in [0.3, 0.4) is 0 Å². The summed E-state index contributed by atoms with van der Waals surface area (Å²) >= 11 is 0. The minimum atomic E-state index is -3.03. The van der Waals surface area contributed by atoms with E-state index in [9.17, 15) is 8.42 Å². The molecule has 0 aliphatic heterocycles. The maximum Gasteiger partial charge on any atom is 0.213 e. The molecule has 1 rings (SSSR count). The van der Waals surface area contributed by atoms with Crippen LogP contribution in [0.5, 0.6) is 0 Å². The van der Waals surface area contributed by atoms with Crippen molar-refractivity contribution in [2.75, 3.05) is 25.9 Å². The molecule has 0 radical (unpaired) electrons. The summed E-state index contributed by atoms with van der Waals surface area (Å²) in [5.41, 5.74) is 0. The van der Waals surface area contributed by atoms with E-state index in [0.29, 0.717) is 12.5 Å². The van der Waals surface area contributed by atoms with Gasteiger partial charge < -0.3 is 5.32 Å². The summed E-state index contributed by atoms with van der Waals surface area (Å²) in [4.78, 5) is 0. The molecule has 0 unspecified atom stereocenters. The molecule has 0 spiro atoms. The molecule has 0 bridgehead atoms. The second kappa shape index (κ2) is 6.71. The van der Waals surface area contributed by atoms with Crippen LogP contribution in [-0.2, 0) is 10.0 Å². The molecule has 1 aliphatic carbocycles. The third-order valence-corrected chi connectivity index (χ3v) is 4.84. The van der Waals surface area contributed by atoms with E-state index in [1.54, 1.807) is 7.05 Å². The SMILES string of the molecule is CC(C)CN(C)S(=O)(=O)CCCCNC1CC1. The Morgan fingerprint density at radius 3 is 2.47 bits per heavy atom. The zero-order valence-corrected chi connectivity index (χ0v) is 12.1. The highest BCUT2D eigenvalue weighted by Crippen LogP contribution is 2.18. The van der Waals surface area contributed by atoms with Crippen molar-refractivity contribution in [1.29, 1.82) is 0 Å². The van der Waals surface area contributed by atoms with Gasteiger partial charge in [-0.25, -0.2) is 12.7 Å². The average Bonchev–Trinajstić information content (AvgIpc) is 2.99. The minimum Gasteiger partial charge on any atom is -0.314 e. The molecule has 5 heteroatoms. The fraction of sp³-hybridized carbons (Fsp3) is 1.00. The lowest BCUT2D eigenvalue weighted by molar-refractivity contribution is 0.416. The first kappa shape index (κ1) is 14.9. The van der Waals surface area contributed by atoms with E-state index < -0.39 is 10.0 Å². The van der Waals surface area contributed by atoms with Crippen molar-refractivity contribution in [3.05, 3.63) is 0 Å². The van der Waals surface area contributed by atoms with Gasteiger partial charge >= 0.3 is 0 Å². The van der Waals surface area contributed by atoms with Gasteiger partial charge in [-0.3, -0.25) is 0 Å². The lowest BCUT2D eigenvalue weighted by atomic mass is 10.2. The van der Waals surface area contributed by atoms with Gasteiger partial charge in [0.25, 0.3) is 0 Å². The van der Waals surface area contributed by atoms with E-state index in [-0.39, 0.29) is 5.75 Å². The molecule has 0 aromatic rings. The van der Waals surface area contributed by atoms with Gasteiger partial charge in [-0.1, -0.05) is 13.8 Å². The fourth-order valence-corrected chi connectivity index (χ4v) is 3.19. The van der Waals surface area contributed by atoms with Crippen molar-refractivity contribution in [1.82, 2.24) is 9.62 Å². The van der Waals surface area contributed by atoms with E-state index in [0.717, 1.165) is 25.4 Å². The number of hydrogen-bond acceptors (Lipinski definition) is 3. The number of unbranched alkanes of at least 4 members (excludes halogenated alkanes) is 1. The number of rotatable bonds is 9. The molecule has 0 saturated heterocycles. The monoisotopic (exact) mass is 262 g/mol. The van der Waals surface area contributed by atoms with Crippen molar-refractivity contribution >= 4 is 10.0 Å². The van der Waals surface area contributed by atoms with Crippen LogP contribution in [0, 0.1) is 5.92 Å². The smallest absolute Gasteiger partial charge is 0.213 e. The van der Waals surface area contributed by atoms with Crippen LogP contribution in [0.25, 0.3) is 0 Å². The van der Waals surface area contributed by atoms with Crippen LogP contribution in [0.2, 0.25) is 0 Å². The highest BCUT2D eigenvalue weighted by Gasteiger charge is 2.20. The first-order valence-electron chi connectivity index (χ1n) is 6.59. The predicted molar refractivity (Wildman–Crippen MR) is 71.5 cm³/mol. The van der Waals surface area contributed by atoms with Crippen molar-refractivity contribution < 1.29 is 8.42 Å². The van der Waals surface area contributed by atoms with E-state index in [2.05, 4.69) is 5.32 Å². The Balaban J connectivity index is 2.13. The molecule has 1 aliphatic rings. The molecule has 102 valence electrons. The number of nitrogens with one attached hydrogen (secondary N) is 1. The van der Waals surface area contributed by atoms with Crippen molar-refractivity contribution in [3.63, 3.8) is 0 Å². The van der Waals surface area contributed by atoms with E-state index in [4.69, 9.17) is 0 Å². The standard InChI is InChI=1S/C12H26N2O2S/c1-11(2)10-14(3)17(15,16)9-5-4-8-13-12-6-7-12/h11-13H,4-10H2,1-3H3. The lowest BCUT2D eigenvalue weighted by Crippen LogP contribution is -2.32. The Kier molecular flexibility index (Phi) is 5.89. The summed E-state index contributed by atoms with van der Waals surface area (Å²) in [6, 6.07) is 0.718. The van der Waals surface area contributed by atoms with Crippen LogP contribution in [0.1, 0.15) is 39.5 Å². The maximum absolute atomic E-state index is 11.9. The molecule has 1 fully saturated rings. The minimum absolute atomic E-state index is 0.280. The molecular weight excluding hydrogens is 236 g/mol. The Hall–Kier alpha value is -0.130. The third-order valence-electron chi connectivity index (χ3n) is 2.94. The molecule has 1 N–H and O–H groups in total. The van der Waals surface area contributed by atoms with E-state index in [1.807, 2.05) is 13.8 Å².